The molecule has 0 spiro atoms. The van der Waals surface area contributed by atoms with Crippen LogP contribution < -0.4 is 10.3 Å². The number of hydrogen-bond acceptors (Lipinski definition) is 5. The molecule has 0 radical (unpaired) electrons. The van der Waals surface area contributed by atoms with Gasteiger partial charge in [0, 0.05) is 23.5 Å². The highest BCUT2D eigenvalue weighted by Gasteiger charge is 2.52. The molecule has 1 fully saturated rings. The second kappa shape index (κ2) is 5.71. The molecule has 7 nitrogen and oxygen atoms in total. The number of nitrogens with two attached hydrogens (primary N) is 1. The van der Waals surface area contributed by atoms with Crippen LogP contribution >= 0.6 is 11.8 Å². The second-order valence-electron chi connectivity index (χ2n) is 5.17. The highest BCUT2D eigenvalue weighted by Crippen LogP contribution is 2.39. The number of carbonyl (C=O) groups is 2. The van der Waals surface area contributed by atoms with Gasteiger partial charge < -0.3 is 15.9 Å². The normalized spacial score (nSPS) is 24.1. The zero-order chi connectivity index (χ0) is 15.9. The Bertz CT molecular complexity index is 676. The van der Waals surface area contributed by atoms with Crippen molar-refractivity contribution in [1.29, 1.82) is 0 Å². The Morgan fingerprint density at radius 1 is 1.50 bits per heavy atom. The quantitative estimate of drug-likeness (QED) is 0.487. The lowest BCUT2D eigenvalue weighted by Crippen LogP contribution is -2.68. The van der Waals surface area contributed by atoms with Crippen molar-refractivity contribution in [2.75, 3.05) is 5.75 Å². The van der Waals surface area contributed by atoms with Gasteiger partial charge in [0.1, 0.15) is 23.7 Å². The van der Waals surface area contributed by atoms with E-state index in [2.05, 4.69) is 0 Å². The first-order valence-electron chi connectivity index (χ1n) is 6.78. The van der Waals surface area contributed by atoms with Crippen molar-refractivity contribution < 1.29 is 24.4 Å². The van der Waals surface area contributed by atoms with E-state index in [-0.39, 0.29) is 23.6 Å². The number of thioether (sulfide) groups is 1. The van der Waals surface area contributed by atoms with Crippen molar-refractivity contribution in [1.82, 2.24) is 4.90 Å². The number of carboxylic acid groups (broad SMARTS) is 1. The third kappa shape index (κ3) is 2.29. The van der Waals surface area contributed by atoms with Crippen molar-refractivity contribution in [2.45, 2.75) is 24.6 Å². The molecular formula is C14H16N3O4S+. The first-order valence-corrected chi connectivity index (χ1v) is 7.83. The van der Waals surface area contributed by atoms with Gasteiger partial charge in [0.25, 0.3) is 0 Å². The maximum Gasteiger partial charge on any atom is 0.352 e. The maximum atomic E-state index is 11.9. The van der Waals surface area contributed by atoms with Gasteiger partial charge in [-0.15, -0.1) is 11.8 Å². The molecule has 1 saturated heterocycles. The molecule has 1 aromatic rings. The van der Waals surface area contributed by atoms with E-state index in [9.17, 15) is 19.8 Å². The summed E-state index contributed by atoms with van der Waals surface area (Å²) in [6.07, 6.45) is 1.78. The summed E-state index contributed by atoms with van der Waals surface area (Å²) in [5.41, 5.74) is 7.06. The van der Waals surface area contributed by atoms with E-state index >= 15 is 0 Å². The maximum absolute atomic E-state index is 11.9. The molecule has 0 aromatic carbocycles. The fraction of sp³-hybridized carbons (Fsp3) is 0.357. The van der Waals surface area contributed by atoms with Crippen molar-refractivity contribution in [3.8, 4) is 0 Å². The molecule has 2 aliphatic rings. The van der Waals surface area contributed by atoms with Crippen LogP contribution in [0.2, 0.25) is 0 Å². The largest absolute Gasteiger partial charge is 0.477 e. The molecule has 0 bridgehead atoms. The van der Waals surface area contributed by atoms with Crippen LogP contribution in [-0.4, -0.2) is 44.2 Å². The number of aliphatic carboxylic acids is 1. The number of nitrogens with zero attached hydrogens (tertiary/aromatic N) is 2. The molecule has 1 amide bonds. The molecule has 0 saturated carbocycles. The Morgan fingerprint density at radius 3 is 2.95 bits per heavy atom. The van der Waals surface area contributed by atoms with Gasteiger partial charge in [-0.05, 0) is 0 Å². The van der Waals surface area contributed by atoms with Crippen molar-refractivity contribution in [3.63, 3.8) is 0 Å². The second-order valence-corrected chi connectivity index (χ2v) is 6.28. The number of pyridine rings is 1. The average Bonchev–Trinajstić information content (AvgIpc) is 2.53. The van der Waals surface area contributed by atoms with Crippen LogP contribution in [0.5, 0.6) is 0 Å². The van der Waals surface area contributed by atoms with E-state index in [0.29, 0.717) is 23.6 Å². The van der Waals surface area contributed by atoms with Gasteiger partial charge in [0.2, 0.25) is 11.6 Å². The van der Waals surface area contributed by atoms with Gasteiger partial charge in [0.05, 0.1) is 0 Å². The summed E-state index contributed by atoms with van der Waals surface area (Å²) in [7, 11) is 0. The van der Waals surface area contributed by atoms with Gasteiger partial charge in [-0.2, -0.15) is 4.57 Å². The van der Waals surface area contributed by atoms with Crippen molar-refractivity contribution >= 4 is 23.6 Å². The summed E-state index contributed by atoms with van der Waals surface area (Å²) in [6, 6.07) is 4.75. The molecule has 2 atom stereocenters. The van der Waals surface area contributed by atoms with Crippen LogP contribution in [-0.2, 0) is 22.7 Å². The van der Waals surface area contributed by atoms with Crippen LogP contribution in [0, 0.1) is 0 Å². The Balaban J connectivity index is 1.97. The molecule has 4 N–H and O–H groups in total. The molecule has 3 heterocycles. The smallest absolute Gasteiger partial charge is 0.352 e. The Labute approximate surface area is 131 Å². The number of aliphatic hydroxyl groups excluding tert-OH is 1. The molecule has 22 heavy (non-hydrogen) atoms. The molecule has 2 unspecified atom stereocenters. The standard InChI is InChI=1S/C14H15N3O4S/c15-10-12(19)17-11(14(20)21)8(7-22-13(10)17)5-16-4-2-1-3-9(16)6-18/h1-4,10,13,18H,5-7,15H2/p+1. The Hall–Kier alpha value is -1.90. The van der Waals surface area contributed by atoms with E-state index in [4.69, 9.17) is 5.73 Å². The average molecular weight is 322 g/mol. The summed E-state index contributed by atoms with van der Waals surface area (Å²) < 4.78 is 1.78. The van der Waals surface area contributed by atoms with Crippen molar-refractivity contribution in [2.24, 2.45) is 5.73 Å². The van der Waals surface area contributed by atoms with Crippen LogP contribution in [0.15, 0.2) is 35.7 Å². The third-order valence-corrected chi connectivity index (χ3v) is 5.21. The number of amides is 1. The minimum Gasteiger partial charge on any atom is -0.477 e. The highest BCUT2D eigenvalue weighted by atomic mass is 32.2. The summed E-state index contributed by atoms with van der Waals surface area (Å²) in [5, 5.41) is 18.6. The minimum absolute atomic E-state index is 0.0238. The van der Waals surface area contributed by atoms with Gasteiger partial charge >= 0.3 is 5.97 Å². The van der Waals surface area contributed by atoms with Crippen LogP contribution in [0.3, 0.4) is 0 Å². The molecule has 3 rings (SSSR count). The van der Waals surface area contributed by atoms with Crippen LogP contribution in [0.25, 0.3) is 0 Å². The topological polar surface area (TPSA) is 108 Å². The molecule has 116 valence electrons. The van der Waals surface area contributed by atoms with E-state index in [0.717, 1.165) is 0 Å². The van der Waals surface area contributed by atoms with E-state index in [1.165, 1.54) is 16.7 Å². The number of hydrogen-bond donors (Lipinski definition) is 3. The summed E-state index contributed by atoms with van der Waals surface area (Å²) in [4.78, 5) is 24.7. The highest BCUT2D eigenvalue weighted by molar-refractivity contribution is 8.00. The van der Waals surface area contributed by atoms with Crippen LogP contribution in [0.1, 0.15) is 5.69 Å². The molecular weight excluding hydrogens is 306 g/mol. The number of fused-ring (bicyclic) bond motifs is 1. The zero-order valence-electron chi connectivity index (χ0n) is 11.7. The van der Waals surface area contributed by atoms with Crippen molar-refractivity contribution in [3.05, 3.63) is 41.4 Å². The summed E-state index contributed by atoms with van der Waals surface area (Å²) in [5.74, 6) is -0.980. The molecule has 1 aromatic heterocycles. The lowest BCUT2D eigenvalue weighted by molar-refractivity contribution is -0.698. The lowest BCUT2D eigenvalue weighted by atomic mass is 10.0. The van der Waals surface area contributed by atoms with Gasteiger partial charge in [-0.1, -0.05) is 6.07 Å². The first kappa shape index (κ1) is 15.0. The number of aromatic nitrogens is 1. The van der Waals surface area contributed by atoms with E-state index < -0.39 is 12.0 Å². The third-order valence-electron chi connectivity index (χ3n) is 3.85. The monoisotopic (exact) mass is 322 g/mol. The Kier molecular flexibility index (Phi) is 3.90. The number of aliphatic hydroxyl groups is 1. The predicted octanol–water partition coefficient (Wildman–Crippen LogP) is -0.952. The number of rotatable bonds is 4. The van der Waals surface area contributed by atoms with Crippen LogP contribution in [0.4, 0.5) is 0 Å². The van der Waals surface area contributed by atoms with Gasteiger partial charge in [-0.3, -0.25) is 9.69 Å². The Morgan fingerprint density at radius 2 is 2.27 bits per heavy atom. The SMILES string of the molecule is NC1C(=O)N2C(C(=O)O)=C(C[n+]3ccccc3CO)CSC12. The van der Waals surface area contributed by atoms with Gasteiger partial charge in [-0.25, -0.2) is 4.79 Å². The minimum atomic E-state index is -1.12. The fourth-order valence-corrected chi connectivity index (χ4v) is 4.00. The molecule has 2 aliphatic heterocycles. The first-order chi connectivity index (χ1) is 10.5. The lowest BCUT2D eigenvalue weighted by Gasteiger charge is -2.47. The fourth-order valence-electron chi connectivity index (χ4n) is 2.72. The number of β-lactam (4-membered cyclic amide) rings is 1. The number of carboxylic acids is 1. The summed E-state index contributed by atoms with van der Waals surface area (Å²) in [6.45, 7) is 0.177. The van der Waals surface area contributed by atoms with Gasteiger partial charge in [0.15, 0.2) is 12.7 Å². The van der Waals surface area contributed by atoms with E-state index in [1.54, 1.807) is 22.9 Å². The zero-order valence-corrected chi connectivity index (χ0v) is 12.5. The summed E-state index contributed by atoms with van der Waals surface area (Å²) >= 11 is 1.47. The molecule has 8 heteroatoms. The van der Waals surface area contributed by atoms with E-state index in [1.807, 2.05) is 6.07 Å². The predicted molar refractivity (Wildman–Crippen MR) is 78.3 cm³/mol. The molecule has 0 aliphatic carbocycles. The number of carbonyl (C=O) groups excluding carboxylic acids is 1.